The van der Waals surface area contributed by atoms with Gasteiger partial charge in [0.1, 0.15) is 5.82 Å². The van der Waals surface area contributed by atoms with Crippen LogP contribution in [-0.4, -0.2) is 18.8 Å². The van der Waals surface area contributed by atoms with E-state index in [2.05, 4.69) is 21.2 Å². The third-order valence-corrected chi connectivity index (χ3v) is 4.45. The molecule has 4 heteroatoms. The zero-order valence-electron chi connectivity index (χ0n) is 8.30. The van der Waals surface area contributed by atoms with Crippen LogP contribution in [0.1, 0.15) is 5.56 Å². The molecule has 0 atom stereocenters. The lowest BCUT2D eigenvalue weighted by Gasteiger charge is -2.26. The molecule has 0 unspecified atom stereocenters. The molecule has 1 heterocycles. The first-order valence-corrected chi connectivity index (χ1v) is 6.93. The van der Waals surface area contributed by atoms with Gasteiger partial charge in [0, 0.05) is 10.2 Å². The van der Waals surface area contributed by atoms with E-state index in [0.717, 1.165) is 29.2 Å². The summed E-state index contributed by atoms with van der Waals surface area (Å²) < 4.78 is 13.7. The van der Waals surface area contributed by atoms with Crippen molar-refractivity contribution in [2.75, 3.05) is 18.8 Å². The second-order valence-electron chi connectivity index (χ2n) is 3.78. The van der Waals surface area contributed by atoms with Crippen LogP contribution in [-0.2, 0) is 5.75 Å². The van der Waals surface area contributed by atoms with Crippen LogP contribution in [0, 0.1) is 11.7 Å². The standard InChI is InChI=1S/C11H13BrFNS/c12-11-3-10(13)2-1-9(11)7-15-6-8-4-14-5-8/h1-3,8,14H,4-7H2. The Bertz CT molecular complexity index is 341. The molecule has 0 radical (unpaired) electrons. The lowest BCUT2D eigenvalue weighted by molar-refractivity contribution is 0.385. The highest BCUT2D eigenvalue weighted by Gasteiger charge is 2.16. The summed E-state index contributed by atoms with van der Waals surface area (Å²) in [6, 6.07) is 4.90. The van der Waals surface area contributed by atoms with Crippen molar-refractivity contribution in [1.29, 1.82) is 0 Å². The highest BCUT2D eigenvalue weighted by Crippen LogP contribution is 2.24. The van der Waals surface area contributed by atoms with E-state index in [1.165, 1.54) is 23.4 Å². The molecule has 1 aliphatic heterocycles. The second-order valence-corrected chi connectivity index (χ2v) is 5.66. The number of nitrogens with one attached hydrogen (secondary N) is 1. The van der Waals surface area contributed by atoms with E-state index in [1.54, 1.807) is 0 Å². The van der Waals surface area contributed by atoms with Gasteiger partial charge in [-0.15, -0.1) is 0 Å². The molecule has 82 valence electrons. The van der Waals surface area contributed by atoms with Gasteiger partial charge in [0.2, 0.25) is 0 Å². The SMILES string of the molecule is Fc1ccc(CSCC2CNC2)c(Br)c1. The molecule has 0 aliphatic carbocycles. The smallest absolute Gasteiger partial charge is 0.124 e. The number of rotatable bonds is 4. The third-order valence-electron chi connectivity index (χ3n) is 2.49. The summed E-state index contributed by atoms with van der Waals surface area (Å²) in [4.78, 5) is 0. The van der Waals surface area contributed by atoms with Crippen LogP contribution < -0.4 is 5.32 Å². The normalized spacial score (nSPS) is 16.4. The highest BCUT2D eigenvalue weighted by molar-refractivity contribution is 9.10. The number of hydrogen-bond acceptors (Lipinski definition) is 2. The largest absolute Gasteiger partial charge is 0.316 e. The zero-order valence-corrected chi connectivity index (χ0v) is 10.7. The number of thioether (sulfide) groups is 1. The predicted molar refractivity (Wildman–Crippen MR) is 66.6 cm³/mol. The number of hydrogen-bond donors (Lipinski definition) is 1. The second kappa shape index (κ2) is 5.32. The molecular formula is C11H13BrFNS. The highest BCUT2D eigenvalue weighted by atomic mass is 79.9. The Balaban J connectivity index is 1.81. The summed E-state index contributed by atoms with van der Waals surface area (Å²) >= 11 is 5.30. The Morgan fingerprint density at radius 3 is 2.87 bits per heavy atom. The van der Waals surface area contributed by atoms with Gasteiger partial charge in [-0.05, 0) is 42.5 Å². The minimum absolute atomic E-state index is 0.182. The molecule has 1 fully saturated rings. The first-order chi connectivity index (χ1) is 7.25. The van der Waals surface area contributed by atoms with Gasteiger partial charge >= 0.3 is 0 Å². The molecule has 1 N–H and O–H groups in total. The van der Waals surface area contributed by atoms with Crippen molar-refractivity contribution in [3.63, 3.8) is 0 Å². The van der Waals surface area contributed by atoms with Crippen molar-refractivity contribution in [1.82, 2.24) is 5.32 Å². The van der Waals surface area contributed by atoms with Crippen molar-refractivity contribution in [3.8, 4) is 0 Å². The maximum absolute atomic E-state index is 12.8. The molecule has 0 amide bonds. The molecule has 1 aromatic carbocycles. The summed E-state index contributed by atoms with van der Waals surface area (Å²) in [7, 11) is 0. The fraction of sp³-hybridized carbons (Fsp3) is 0.455. The van der Waals surface area contributed by atoms with E-state index >= 15 is 0 Å². The fourth-order valence-electron chi connectivity index (χ4n) is 1.44. The van der Waals surface area contributed by atoms with Crippen LogP contribution in [0.2, 0.25) is 0 Å². The van der Waals surface area contributed by atoms with Gasteiger partial charge in [-0.25, -0.2) is 4.39 Å². The summed E-state index contributed by atoms with van der Waals surface area (Å²) in [5.41, 5.74) is 1.17. The van der Waals surface area contributed by atoms with Crippen LogP contribution in [0.4, 0.5) is 4.39 Å². The maximum Gasteiger partial charge on any atom is 0.124 e. The van der Waals surface area contributed by atoms with E-state index in [1.807, 2.05) is 17.8 Å². The first-order valence-electron chi connectivity index (χ1n) is 4.98. The topological polar surface area (TPSA) is 12.0 Å². The lowest BCUT2D eigenvalue weighted by atomic mass is 10.1. The molecule has 0 saturated carbocycles. The molecule has 1 saturated heterocycles. The van der Waals surface area contributed by atoms with Crippen molar-refractivity contribution >= 4 is 27.7 Å². The Labute approximate surface area is 102 Å². The number of benzene rings is 1. The van der Waals surface area contributed by atoms with E-state index < -0.39 is 0 Å². The lowest BCUT2D eigenvalue weighted by Crippen LogP contribution is -2.43. The Hall–Kier alpha value is -0.0600. The minimum atomic E-state index is -0.182. The van der Waals surface area contributed by atoms with Crippen LogP contribution >= 0.6 is 27.7 Å². The average molecular weight is 290 g/mol. The van der Waals surface area contributed by atoms with Gasteiger partial charge < -0.3 is 5.32 Å². The summed E-state index contributed by atoms with van der Waals surface area (Å²) in [5.74, 6) is 2.79. The van der Waals surface area contributed by atoms with E-state index in [0.29, 0.717) is 0 Å². The van der Waals surface area contributed by atoms with E-state index in [9.17, 15) is 4.39 Å². The van der Waals surface area contributed by atoms with Crippen LogP contribution in [0.3, 0.4) is 0 Å². The quantitative estimate of drug-likeness (QED) is 0.914. The minimum Gasteiger partial charge on any atom is -0.316 e. The van der Waals surface area contributed by atoms with Gasteiger partial charge in [0.15, 0.2) is 0 Å². The molecule has 1 nitrogen and oxygen atoms in total. The van der Waals surface area contributed by atoms with Crippen LogP contribution in [0.15, 0.2) is 22.7 Å². The maximum atomic E-state index is 12.8. The molecule has 1 aliphatic rings. The molecule has 15 heavy (non-hydrogen) atoms. The molecule has 0 aromatic heterocycles. The third kappa shape index (κ3) is 3.20. The van der Waals surface area contributed by atoms with Crippen molar-refractivity contribution < 1.29 is 4.39 Å². The summed E-state index contributed by atoms with van der Waals surface area (Å²) in [6.45, 7) is 2.30. The van der Waals surface area contributed by atoms with Gasteiger partial charge in [-0.2, -0.15) is 11.8 Å². The predicted octanol–water partition coefficient (Wildman–Crippen LogP) is 3.04. The first kappa shape index (κ1) is 11.4. The Morgan fingerprint density at radius 2 is 2.27 bits per heavy atom. The van der Waals surface area contributed by atoms with E-state index in [-0.39, 0.29) is 5.82 Å². The van der Waals surface area contributed by atoms with Crippen LogP contribution in [0.5, 0.6) is 0 Å². The van der Waals surface area contributed by atoms with Gasteiger partial charge in [-0.1, -0.05) is 22.0 Å². The molecule has 2 rings (SSSR count). The van der Waals surface area contributed by atoms with Crippen molar-refractivity contribution in [2.24, 2.45) is 5.92 Å². The fourth-order valence-corrected chi connectivity index (χ4v) is 3.28. The summed E-state index contributed by atoms with van der Waals surface area (Å²) in [6.07, 6.45) is 0. The molecule has 0 spiro atoms. The zero-order chi connectivity index (χ0) is 10.7. The Kier molecular flexibility index (Phi) is 4.05. The molecular weight excluding hydrogens is 277 g/mol. The van der Waals surface area contributed by atoms with Gasteiger partial charge in [0.25, 0.3) is 0 Å². The van der Waals surface area contributed by atoms with Crippen molar-refractivity contribution in [2.45, 2.75) is 5.75 Å². The summed E-state index contributed by atoms with van der Waals surface area (Å²) in [5, 5.41) is 3.26. The Morgan fingerprint density at radius 1 is 1.47 bits per heavy atom. The van der Waals surface area contributed by atoms with Gasteiger partial charge in [-0.3, -0.25) is 0 Å². The molecule has 1 aromatic rings. The van der Waals surface area contributed by atoms with Crippen molar-refractivity contribution in [3.05, 3.63) is 34.1 Å². The number of halogens is 2. The average Bonchev–Trinajstić information content (AvgIpc) is 2.12. The molecule has 0 bridgehead atoms. The van der Waals surface area contributed by atoms with Crippen LogP contribution in [0.25, 0.3) is 0 Å². The monoisotopic (exact) mass is 289 g/mol. The van der Waals surface area contributed by atoms with Gasteiger partial charge in [0.05, 0.1) is 0 Å². The van der Waals surface area contributed by atoms with E-state index in [4.69, 9.17) is 0 Å².